The zero-order valence-corrected chi connectivity index (χ0v) is 20.8. The van der Waals surface area contributed by atoms with Crippen molar-refractivity contribution in [3.63, 3.8) is 0 Å². The molecule has 3 aliphatic carbocycles. The summed E-state index contributed by atoms with van der Waals surface area (Å²) in [5.74, 6) is 1.76. The van der Waals surface area contributed by atoms with Crippen molar-refractivity contribution >= 4 is 11.8 Å². The van der Waals surface area contributed by atoms with Gasteiger partial charge in [0.2, 0.25) is 11.8 Å². The Bertz CT molecular complexity index is 810. The van der Waals surface area contributed by atoms with Crippen LogP contribution in [0.4, 0.5) is 8.78 Å². The summed E-state index contributed by atoms with van der Waals surface area (Å²) in [4.78, 5) is 25.4. The minimum atomic E-state index is -1.64. The van der Waals surface area contributed by atoms with Gasteiger partial charge in [0.15, 0.2) is 0 Å². The minimum Gasteiger partial charge on any atom is -0.353 e. The first kappa shape index (κ1) is 24.7. The Morgan fingerprint density at radius 2 is 1.82 bits per heavy atom. The fourth-order valence-corrected chi connectivity index (χ4v) is 8.38. The highest BCUT2D eigenvalue weighted by atomic mass is 19.3. The number of rotatable bonds is 6. The zero-order chi connectivity index (χ0) is 24.0. The summed E-state index contributed by atoms with van der Waals surface area (Å²) in [7, 11) is 0. The lowest BCUT2D eigenvalue weighted by molar-refractivity contribution is -0.141. The number of unbranched alkanes of at least 4 members (excludes halogenated alkanes) is 1. The molecule has 0 bridgehead atoms. The number of carbonyl (C=O) groups excluding carboxylic acids is 2. The van der Waals surface area contributed by atoms with E-state index in [-0.39, 0.29) is 40.2 Å². The average molecular weight is 465 g/mol. The van der Waals surface area contributed by atoms with Gasteiger partial charge in [-0.3, -0.25) is 9.59 Å². The summed E-state index contributed by atoms with van der Waals surface area (Å²) in [6, 6.07) is -0.331. The van der Waals surface area contributed by atoms with Gasteiger partial charge in [-0.15, -0.1) is 0 Å². The van der Waals surface area contributed by atoms with Gasteiger partial charge in [-0.2, -0.15) is 8.78 Å². The van der Waals surface area contributed by atoms with E-state index in [4.69, 9.17) is 0 Å². The molecule has 4 fully saturated rings. The number of hydrogen-bond donors (Lipinski definition) is 2. The van der Waals surface area contributed by atoms with Crippen molar-refractivity contribution in [2.75, 3.05) is 0 Å². The molecule has 4 nitrogen and oxygen atoms in total. The first-order valence-electron chi connectivity index (χ1n) is 13.3. The highest BCUT2D eigenvalue weighted by molar-refractivity contribution is 5.80. The highest BCUT2D eigenvalue weighted by Crippen LogP contribution is 2.65. The maximum absolute atomic E-state index is 13.5. The second-order valence-electron chi connectivity index (χ2n) is 11.9. The van der Waals surface area contributed by atoms with Gasteiger partial charge in [0.05, 0.1) is 6.04 Å². The van der Waals surface area contributed by atoms with Crippen LogP contribution < -0.4 is 10.6 Å². The Morgan fingerprint density at radius 1 is 1.09 bits per heavy atom. The van der Waals surface area contributed by atoms with E-state index in [1.807, 2.05) is 6.92 Å². The van der Waals surface area contributed by atoms with Crippen molar-refractivity contribution in [1.29, 1.82) is 0 Å². The van der Waals surface area contributed by atoms with Crippen LogP contribution in [0.25, 0.3) is 0 Å². The standard InChI is InChI=1S/C27H42F2N2O2/c1-5-6-7-17(24(28)29)16(2)30-25(33)21-10-9-19-18-8-11-22-27(4,15-13-23(32)31-22)20(18)12-14-26(19,21)3/h16,18-22H,5-15H2,1-4H3,(H,30,33)(H,31,32)/t16?,18-,19-,20+,21?,22?,26-,27+/m0/s1. The Labute approximate surface area is 197 Å². The zero-order valence-electron chi connectivity index (χ0n) is 20.8. The number of fused-ring (bicyclic) bond motifs is 5. The lowest BCUT2D eigenvalue weighted by Crippen LogP contribution is -2.61. The SMILES string of the molecule is CCCCC(=C(F)F)C(C)NC(=O)C1CC[C@H]2[C@@H]3CCC4NC(=O)CC[C@]4(C)[C@@H]3CC[C@]12C. The fraction of sp³-hybridized carbons (Fsp3) is 0.852. The van der Waals surface area contributed by atoms with E-state index in [9.17, 15) is 18.4 Å². The molecular formula is C27H42F2N2O2. The van der Waals surface area contributed by atoms with E-state index < -0.39 is 12.1 Å². The van der Waals surface area contributed by atoms with Gasteiger partial charge >= 0.3 is 0 Å². The number of hydrogen-bond acceptors (Lipinski definition) is 2. The van der Waals surface area contributed by atoms with Crippen LogP contribution in [0, 0.1) is 34.5 Å². The van der Waals surface area contributed by atoms with Gasteiger partial charge in [0.25, 0.3) is 6.08 Å². The van der Waals surface area contributed by atoms with Crippen LogP contribution in [0.5, 0.6) is 0 Å². The lowest BCUT2D eigenvalue weighted by atomic mass is 9.47. The number of piperidine rings is 1. The number of nitrogens with one attached hydrogen (secondary N) is 2. The topological polar surface area (TPSA) is 58.2 Å². The van der Waals surface area contributed by atoms with E-state index in [1.54, 1.807) is 6.92 Å². The van der Waals surface area contributed by atoms with E-state index >= 15 is 0 Å². The molecule has 6 heteroatoms. The van der Waals surface area contributed by atoms with Crippen molar-refractivity contribution in [2.24, 2.45) is 34.5 Å². The monoisotopic (exact) mass is 464 g/mol. The van der Waals surface area contributed by atoms with Crippen LogP contribution in [0.1, 0.15) is 98.3 Å². The molecule has 3 unspecified atom stereocenters. The van der Waals surface area contributed by atoms with Gasteiger partial charge in [-0.1, -0.05) is 27.2 Å². The van der Waals surface area contributed by atoms with E-state index in [2.05, 4.69) is 24.5 Å². The van der Waals surface area contributed by atoms with Gasteiger partial charge < -0.3 is 10.6 Å². The van der Waals surface area contributed by atoms with Crippen LogP contribution in [0.15, 0.2) is 11.7 Å². The fourth-order valence-electron chi connectivity index (χ4n) is 8.38. The first-order valence-corrected chi connectivity index (χ1v) is 13.3. The summed E-state index contributed by atoms with van der Waals surface area (Å²) in [6.45, 7) is 8.36. The predicted molar refractivity (Wildman–Crippen MR) is 125 cm³/mol. The van der Waals surface area contributed by atoms with Crippen molar-refractivity contribution < 1.29 is 18.4 Å². The molecule has 0 aromatic rings. The van der Waals surface area contributed by atoms with Crippen molar-refractivity contribution in [2.45, 2.75) is 110 Å². The summed E-state index contributed by atoms with van der Waals surface area (Å²) >= 11 is 0. The van der Waals surface area contributed by atoms with Crippen LogP contribution in [-0.4, -0.2) is 23.9 Å². The predicted octanol–water partition coefficient (Wildman–Crippen LogP) is 5.97. The largest absolute Gasteiger partial charge is 0.353 e. The smallest absolute Gasteiger partial charge is 0.271 e. The molecule has 4 aliphatic rings. The Morgan fingerprint density at radius 3 is 2.52 bits per heavy atom. The first-order chi connectivity index (χ1) is 15.6. The second-order valence-corrected chi connectivity index (χ2v) is 11.9. The minimum absolute atomic E-state index is 0.0361. The summed E-state index contributed by atoms with van der Waals surface area (Å²) in [5.41, 5.74) is 0.178. The molecule has 0 radical (unpaired) electrons. The normalized spacial score (nSPS) is 40.7. The molecule has 1 saturated heterocycles. The third-order valence-corrected chi connectivity index (χ3v) is 10.3. The van der Waals surface area contributed by atoms with Crippen LogP contribution >= 0.6 is 0 Å². The van der Waals surface area contributed by atoms with E-state index in [0.717, 1.165) is 51.4 Å². The molecule has 2 amide bonds. The Balaban J connectivity index is 1.47. The molecule has 0 spiro atoms. The third kappa shape index (κ3) is 4.25. The Kier molecular flexibility index (Phi) is 6.95. The summed E-state index contributed by atoms with van der Waals surface area (Å²) in [5, 5.41) is 6.25. The third-order valence-electron chi connectivity index (χ3n) is 10.3. The number of carbonyl (C=O) groups is 2. The molecule has 0 aromatic carbocycles. The quantitative estimate of drug-likeness (QED) is 0.509. The molecule has 4 rings (SSSR count). The van der Waals surface area contributed by atoms with Crippen LogP contribution in [0.2, 0.25) is 0 Å². The maximum atomic E-state index is 13.5. The molecule has 3 saturated carbocycles. The number of amides is 2. The van der Waals surface area contributed by atoms with Crippen LogP contribution in [0.3, 0.4) is 0 Å². The Hall–Kier alpha value is -1.46. The summed E-state index contributed by atoms with van der Waals surface area (Å²) in [6.07, 6.45) is 8.01. The van der Waals surface area contributed by atoms with Gasteiger partial charge in [-0.05, 0) is 93.3 Å². The van der Waals surface area contributed by atoms with Crippen molar-refractivity contribution in [3.8, 4) is 0 Å². The molecule has 8 atom stereocenters. The highest BCUT2D eigenvalue weighted by Gasteiger charge is 2.61. The average Bonchev–Trinajstić information content (AvgIpc) is 3.11. The van der Waals surface area contributed by atoms with Gasteiger partial charge in [-0.25, -0.2) is 0 Å². The lowest BCUT2D eigenvalue weighted by Gasteiger charge is -2.60. The van der Waals surface area contributed by atoms with Gasteiger partial charge in [0, 0.05) is 24.0 Å². The molecular weight excluding hydrogens is 422 g/mol. The molecule has 33 heavy (non-hydrogen) atoms. The maximum Gasteiger partial charge on any atom is 0.271 e. The van der Waals surface area contributed by atoms with Crippen LogP contribution in [-0.2, 0) is 9.59 Å². The molecule has 1 aliphatic heterocycles. The molecule has 2 N–H and O–H groups in total. The molecule has 1 heterocycles. The van der Waals surface area contributed by atoms with Gasteiger partial charge in [0.1, 0.15) is 0 Å². The van der Waals surface area contributed by atoms with E-state index in [0.29, 0.717) is 37.0 Å². The molecule has 0 aromatic heterocycles. The van der Waals surface area contributed by atoms with Crippen molar-refractivity contribution in [1.82, 2.24) is 10.6 Å². The number of halogens is 2. The second kappa shape index (κ2) is 9.30. The summed E-state index contributed by atoms with van der Waals surface area (Å²) < 4.78 is 27.1. The molecule has 186 valence electrons. The van der Waals surface area contributed by atoms with E-state index in [1.165, 1.54) is 0 Å². The van der Waals surface area contributed by atoms with Crippen molar-refractivity contribution in [3.05, 3.63) is 11.7 Å².